The predicted octanol–water partition coefficient (Wildman–Crippen LogP) is 5.54. The Morgan fingerprint density at radius 3 is 2.04 bits per heavy atom. The molecule has 0 unspecified atom stereocenters. The molecule has 0 radical (unpaired) electrons. The number of amides is 3. The molecule has 0 heterocycles. The van der Waals surface area contributed by atoms with E-state index in [1.807, 2.05) is 25.1 Å². The largest absolute Gasteiger partial charge is 0.323 e. The van der Waals surface area contributed by atoms with Gasteiger partial charge in [0.05, 0.1) is 0 Å². The van der Waals surface area contributed by atoms with Crippen molar-refractivity contribution in [3.8, 4) is 0 Å². The fourth-order valence-electron chi connectivity index (χ4n) is 2.49. The number of benzene rings is 3. The first kappa shape index (κ1) is 18.5. The molecule has 0 spiro atoms. The van der Waals surface area contributed by atoms with Crippen molar-refractivity contribution in [1.29, 1.82) is 0 Å². The molecule has 0 saturated carbocycles. The maximum absolute atomic E-state index is 12.3. The Morgan fingerprint density at radius 2 is 1.37 bits per heavy atom. The highest BCUT2D eigenvalue weighted by molar-refractivity contribution is 6.30. The second kappa shape index (κ2) is 8.38. The maximum Gasteiger partial charge on any atom is 0.323 e. The van der Waals surface area contributed by atoms with Crippen LogP contribution in [0.15, 0.2) is 72.8 Å². The monoisotopic (exact) mass is 379 g/mol. The summed E-state index contributed by atoms with van der Waals surface area (Å²) in [4.78, 5) is 24.3. The molecule has 0 aromatic heterocycles. The molecule has 0 aliphatic heterocycles. The van der Waals surface area contributed by atoms with Crippen molar-refractivity contribution in [1.82, 2.24) is 0 Å². The minimum absolute atomic E-state index is 0.182. The highest BCUT2D eigenvalue weighted by Gasteiger charge is 2.07. The Balaban J connectivity index is 1.58. The van der Waals surface area contributed by atoms with Crippen molar-refractivity contribution in [2.45, 2.75) is 6.92 Å². The minimum Gasteiger partial charge on any atom is -0.322 e. The summed E-state index contributed by atoms with van der Waals surface area (Å²) in [6, 6.07) is 20.7. The molecule has 3 aromatic rings. The third-order valence-corrected chi connectivity index (χ3v) is 4.00. The average molecular weight is 380 g/mol. The smallest absolute Gasteiger partial charge is 0.322 e. The third-order valence-electron chi connectivity index (χ3n) is 3.76. The van der Waals surface area contributed by atoms with E-state index in [4.69, 9.17) is 11.6 Å². The van der Waals surface area contributed by atoms with Gasteiger partial charge in [-0.1, -0.05) is 35.4 Å². The normalized spacial score (nSPS) is 10.1. The first-order chi connectivity index (χ1) is 13.0. The zero-order valence-electron chi connectivity index (χ0n) is 14.6. The number of rotatable bonds is 4. The molecular weight excluding hydrogens is 362 g/mol. The Bertz CT molecular complexity index is 971. The molecule has 3 rings (SSSR count). The van der Waals surface area contributed by atoms with Crippen molar-refractivity contribution in [2.24, 2.45) is 0 Å². The third kappa shape index (κ3) is 5.33. The van der Waals surface area contributed by atoms with Crippen LogP contribution in [-0.4, -0.2) is 11.9 Å². The summed E-state index contributed by atoms with van der Waals surface area (Å²) in [6.07, 6.45) is 0. The first-order valence-electron chi connectivity index (χ1n) is 8.31. The van der Waals surface area contributed by atoms with E-state index in [0.29, 0.717) is 27.6 Å². The number of nitrogens with one attached hydrogen (secondary N) is 3. The Hall–Kier alpha value is -3.31. The number of hydrogen-bond acceptors (Lipinski definition) is 2. The number of urea groups is 1. The lowest BCUT2D eigenvalue weighted by Crippen LogP contribution is -2.19. The fraction of sp³-hybridized carbons (Fsp3) is 0.0476. The summed E-state index contributed by atoms with van der Waals surface area (Å²) in [6.45, 7) is 1.94. The van der Waals surface area contributed by atoms with Crippen molar-refractivity contribution in [2.75, 3.05) is 16.0 Å². The van der Waals surface area contributed by atoms with Crippen LogP contribution in [0.5, 0.6) is 0 Å². The van der Waals surface area contributed by atoms with Gasteiger partial charge in [0.15, 0.2) is 0 Å². The summed E-state index contributed by atoms with van der Waals surface area (Å²) in [5.74, 6) is -0.182. The van der Waals surface area contributed by atoms with Crippen LogP contribution >= 0.6 is 11.6 Å². The zero-order chi connectivity index (χ0) is 19.2. The molecule has 0 fully saturated rings. The summed E-state index contributed by atoms with van der Waals surface area (Å²) in [5.41, 5.74) is 3.46. The van der Waals surface area contributed by atoms with Crippen molar-refractivity contribution < 1.29 is 9.59 Å². The van der Waals surface area contributed by atoms with E-state index in [2.05, 4.69) is 16.0 Å². The van der Waals surface area contributed by atoms with E-state index < -0.39 is 0 Å². The number of carbonyl (C=O) groups excluding carboxylic acids is 2. The Morgan fingerprint density at radius 1 is 0.741 bits per heavy atom. The predicted molar refractivity (Wildman–Crippen MR) is 110 cm³/mol. The molecule has 3 amide bonds. The second-order valence-electron chi connectivity index (χ2n) is 5.99. The molecule has 27 heavy (non-hydrogen) atoms. The van der Waals surface area contributed by atoms with Crippen LogP contribution in [0.25, 0.3) is 0 Å². The fourth-order valence-corrected chi connectivity index (χ4v) is 2.68. The molecule has 0 bridgehead atoms. The zero-order valence-corrected chi connectivity index (χ0v) is 15.4. The van der Waals surface area contributed by atoms with Crippen LogP contribution in [0.1, 0.15) is 15.9 Å². The molecule has 0 aliphatic rings. The van der Waals surface area contributed by atoms with Gasteiger partial charge in [0.2, 0.25) is 0 Å². The van der Waals surface area contributed by atoms with E-state index in [1.54, 1.807) is 54.6 Å². The van der Waals surface area contributed by atoms with E-state index in [1.165, 1.54) is 0 Å². The molecule has 5 nitrogen and oxygen atoms in total. The Kier molecular flexibility index (Phi) is 5.74. The lowest BCUT2D eigenvalue weighted by atomic mass is 10.1. The van der Waals surface area contributed by atoms with Crippen LogP contribution < -0.4 is 16.0 Å². The number of aryl methyl sites for hydroxylation is 1. The van der Waals surface area contributed by atoms with Gasteiger partial charge in [-0.3, -0.25) is 4.79 Å². The van der Waals surface area contributed by atoms with Crippen molar-refractivity contribution in [3.05, 3.63) is 88.9 Å². The number of carbonyl (C=O) groups is 2. The van der Waals surface area contributed by atoms with Gasteiger partial charge in [0.25, 0.3) is 5.91 Å². The van der Waals surface area contributed by atoms with Gasteiger partial charge in [0.1, 0.15) is 0 Å². The lowest BCUT2D eigenvalue weighted by molar-refractivity contribution is 0.102. The molecule has 0 atom stereocenters. The number of anilines is 3. The topological polar surface area (TPSA) is 70.2 Å². The average Bonchev–Trinajstić information content (AvgIpc) is 2.63. The van der Waals surface area contributed by atoms with E-state index in [-0.39, 0.29) is 11.9 Å². The molecule has 136 valence electrons. The van der Waals surface area contributed by atoms with Gasteiger partial charge in [-0.15, -0.1) is 0 Å². The maximum atomic E-state index is 12.3. The molecule has 3 N–H and O–H groups in total. The summed E-state index contributed by atoms with van der Waals surface area (Å²) < 4.78 is 0. The highest BCUT2D eigenvalue weighted by Crippen LogP contribution is 2.17. The minimum atomic E-state index is -0.381. The number of halogens is 1. The molecular formula is C21H18ClN3O2. The van der Waals surface area contributed by atoms with Crippen LogP contribution in [0.2, 0.25) is 5.02 Å². The van der Waals surface area contributed by atoms with Crippen molar-refractivity contribution >= 4 is 40.6 Å². The van der Waals surface area contributed by atoms with Crippen molar-refractivity contribution in [3.63, 3.8) is 0 Å². The van der Waals surface area contributed by atoms with E-state index in [0.717, 1.165) is 5.56 Å². The van der Waals surface area contributed by atoms with Gasteiger partial charge >= 0.3 is 6.03 Å². The lowest BCUT2D eigenvalue weighted by Gasteiger charge is -2.09. The van der Waals surface area contributed by atoms with Crippen LogP contribution in [-0.2, 0) is 0 Å². The quantitative estimate of drug-likeness (QED) is 0.556. The highest BCUT2D eigenvalue weighted by atomic mass is 35.5. The molecule has 6 heteroatoms. The molecule has 0 aliphatic carbocycles. The van der Waals surface area contributed by atoms with Gasteiger partial charge in [0, 0.05) is 27.6 Å². The van der Waals surface area contributed by atoms with E-state index in [9.17, 15) is 9.59 Å². The van der Waals surface area contributed by atoms with Gasteiger partial charge < -0.3 is 16.0 Å². The Labute approximate surface area is 162 Å². The van der Waals surface area contributed by atoms with Crippen LogP contribution in [0.3, 0.4) is 0 Å². The van der Waals surface area contributed by atoms with Gasteiger partial charge in [-0.2, -0.15) is 0 Å². The van der Waals surface area contributed by atoms with Gasteiger partial charge in [-0.05, 0) is 61.5 Å². The van der Waals surface area contributed by atoms with Gasteiger partial charge in [-0.25, -0.2) is 4.79 Å². The second-order valence-corrected chi connectivity index (χ2v) is 6.43. The first-order valence-corrected chi connectivity index (χ1v) is 8.69. The van der Waals surface area contributed by atoms with Crippen LogP contribution in [0.4, 0.5) is 21.9 Å². The summed E-state index contributed by atoms with van der Waals surface area (Å²) >= 11 is 5.89. The van der Waals surface area contributed by atoms with E-state index >= 15 is 0 Å². The molecule has 3 aromatic carbocycles. The van der Waals surface area contributed by atoms with Crippen LogP contribution in [0, 0.1) is 6.92 Å². The number of hydrogen-bond donors (Lipinski definition) is 3. The summed E-state index contributed by atoms with van der Waals surface area (Å²) in [7, 11) is 0. The molecule has 0 saturated heterocycles. The standard InChI is InChI=1S/C21H18ClN3O2/c1-14-4-2-5-15(12-14)20(26)23-17-8-10-18(11-9-17)24-21(27)25-19-7-3-6-16(22)13-19/h2-13H,1H3,(H,23,26)(H2,24,25,27). The summed E-state index contributed by atoms with van der Waals surface area (Å²) in [5, 5.41) is 8.80. The SMILES string of the molecule is Cc1cccc(C(=O)Nc2ccc(NC(=O)Nc3cccc(Cl)c3)cc2)c1.